The minimum absolute atomic E-state index is 0.00372. The van der Waals surface area contributed by atoms with E-state index in [-0.39, 0.29) is 24.5 Å². The fourth-order valence-corrected chi connectivity index (χ4v) is 2.87. The average Bonchev–Trinajstić information content (AvgIpc) is 3.23. The number of carbonyl (C=O) groups excluding carboxylic acids is 1. The smallest absolute Gasteiger partial charge is 0.252 e. The minimum atomic E-state index is -0.00372. The number of ether oxygens (including phenoxy) is 1. The number of carbonyl (C=O) groups is 1. The van der Waals surface area contributed by atoms with E-state index in [2.05, 4.69) is 15.1 Å². The number of piperidine rings is 1. The van der Waals surface area contributed by atoms with E-state index in [0.717, 1.165) is 25.2 Å². The summed E-state index contributed by atoms with van der Waals surface area (Å²) in [5.74, 6) is 2.34. The summed E-state index contributed by atoms with van der Waals surface area (Å²) in [6.45, 7) is 7.89. The Morgan fingerprint density at radius 3 is 3.00 bits per heavy atom. The van der Waals surface area contributed by atoms with Gasteiger partial charge in [-0.05, 0) is 19.8 Å². The number of aryl methyl sites for hydroxylation is 1. The number of likely N-dealkylation sites (tertiary alicyclic amines) is 1. The molecule has 0 unspecified atom stereocenters. The molecule has 0 aliphatic carbocycles. The second-order valence-electron chi connectivity index (χ2n) is 6.72. The Bertz CT molecular complexity index is 709. The molecule has 1 aliphatic heterocycles. The topological polar surface area (TPSA) is 86.3 Å². The highest BCUT2D eigenvalue weighted by atomic mass is 16.5. The monoisotopic (exact) mass is 347 g/mol. The van der Waals surface area contributed by atoms with Crippen LogP contribution >= 0.6 is 0 Å². The molecule has 8 heteroatoms. The number of amides is 1. The first kappa shape index (κ1) is 17.6. The van der Waals surface area contributed by atoms with Crippen LogP contribution in [0.15, 0.2) is 16.9 Å². The van der Waals surface area contributed by atoms with Crippen molar-refractivity contribution in [3.05, 3.63) is 29.9 Å². The molecule has 0 N–H and O–H groups in total. The zero-order valence-electron chi connectivity index (χ0n) is 15.0. The van der Waals surface area contributed by atoms with Crippen molar-refractivity contribution in [1.82, 2.24) is 24.6 Å². The minimum Gasteiger partial charge on any atom is -0.367 e. The summed E-state index contributed by atoms with van der Waals surface area (Å²) in [4.78, 5) is 22.8. The SMILES string of the molecule is Cc1nccn1CC(=O)N1CCC[C@@H](OCc2nc(C(C)C)no2)C1. The molecule has 0 bridgehead atoms. The molecule has 136 valence electrons. The van der Waals surface area contributed by atoms with Crippen LogP contribution in [0.2, 0.25) is 0 Å². The molecule has 8 nitrogen and oxygen atoms in total. The molecular weight excluding hydrogens is 322 g/mol. The normalized spacial score (nSPS) is 18.1. The van der Waals surface area contributed by atoms with Gasteiger partial charge < -0.3 is 18.7 Å². The van der Waals surface area contributed by atoms with Gasteiger partial charge in [-0.1, -0.05) is 19.0 Å². The Morgan fingerprint density at radius 2 is 2.32 bits per heavy atom. The van der Waals surface area contributed by atoms with Crippen molar-refractivity contribution in [3.63, 3.8) is 0 Å². The molecule has 0 aromatic carbocycles. The lowest BCUT2D eigenvalue weighted by Gasteiger charge is -2.32. The van der Waals surface area contributed by atoms with Crippen molar-refractivity contribution in [2.45, 2.75) is 58.8 Å². The lowest BCUT2D eigenvalue weighted by atomic mass is 10.1. The van der Waals surface area contributed by atoms with Crippen LogP contribution in [0.5, 0.6) is 0 Å². The molecule has 3 rings (SSSR count). The van der Waals surface area contributed by atoms with Crippen LogP contribution in [0.4, 0.5) is 0 Å². The quantitative estimate of drug-likeness (QED) is 0.793. The van der Waals surface area contributed by atoms with Gasteiger partial charge in [-0.3, -0.25) is 4.79 Å². The summed E-state index contributed by atoms with van der Waals surface area (Å²) in [5, 5.41) is 3.93. The maximum Gasteiger partial charge on any atom is 0.252 e. The Morgan fingerprint density at radius 1 is 1.48 bits per heavy atom. The van der Waals surface area contributed by atoms with E-state index in [1.165, 1.54) is 0 Å². The zero-order valence-corrected chi connectivity index (χ0v) is 15.0. The molecule has 2 aromatic heterocycles. The molecule has 1 atom stereocenters. The number of aromatic nitrogens is 4. The van der Waals surface area contributed by atoms with Crippen molar-refractivity contribution < 1.29 is 14.1 Å². The molecule has 0 spiro atoms. The number of imidazole rings is 1. The molecule has 1 saturated heterocycles. The summed E-state index contributed by atoms with van der Waals surface area (Å²) in [6.07, 6.45) is 5.39. The summed E-state index contributed by atoms with van der Waals surface area (Å²) in [6, 6.07) is 0. The number of hydrogen-bond donors (Lipinski definition) is 0. The van der Waals surface area contributed by atoms with Gasteiger partial charge in [0.1, 0.15) is 19.0 Å². The van der Waals surface area contributed by atoms with Gasteiger partial charge in [0.25, 0.3) is 5.89 Å². The molecule has 0 radical (unpaired) electrons. The number of nitrogens with zero attached hydrogens (tertiary/aromatic N) is 5. The van der Waals surface area contributed by atoms with Gasteiger partial charge in [0.05, 0.1) is 6.10 Å². The summed E-state index contributed by atoms with van der Waals surface area (Å²) < 4.78 is 12.9. The van der Waals surface area contributed by atoms with Crippen molar-refractivity contribution >= 4 is 5.91 Å². The highest BCUT2D eigenvalue weighted by molar-refractivity contribution is 5.76. The first-order valence-electron chi connectivity index (χ1n) is 8.72. The molecule has 25 heavy (non-hydrogen) atoms. The molecule has 1 amide bonds. The van der Waals surface area contributed by atoms with Crippen molar-refractivity contribution in [3.8, 4) is 0 Å². The Balaban J connectivity index is 1.50. The summed E-state index contributed by atoms with van der Waals surface area (Å²) in [7, 11) is 0. The van der Waals surface area contributed by atoms with E-state index in [4.69, 9.17) is 9.26 Å². The second kappa shape index (κ2) is 7.77. The van der Waals surface area contributed by atoms with Gasteiger partial charge in [0.15, 0.2) is 5.82 Å². The van der Waals surface area contributed by atoms with Gasteiger partial charge in [-0.25, -0.2) is 4.98 Å². The third kappa shape index (κ3) is 4.45. The molecule has 0 saturated carbocycles. The lowest BCUT2D eigenvalue weighted by molar-refractivity contribution is -0.136. The third-order valence-corrected chi connectivity index (χ3v) is 4.40. The second-order valence-corrected chi connectivity index (χ2v) is 6.72. The molecule has 2 aromatic rings. The number of hydrogen-bond acceptors (Lipinski definition) is 6. The average molecular weight is 347 g/mol. The number of rotatable bonds is 6. The standard InChI is InChI=1S/C17H25N5O3/c1-12(2)17-19-15(25-20-17)11-24-14-5-4-7-22(9-14)16(23)10-21-8-6-18-13(21)3/h6,8,12,14H,4-5,7,9-11H2,1-3H3/t14-/m1/s1. The van der Waals surface area contributed by atoms with Crippen LogP contribution in [0.25, 0.3) is 0 Å². The predicted molar refractivity (Wildman–Crippen MR) is 89.7 cm³/mol. The first-order valence-corrected chi connectivity index (χ1v) is 8.72. The van der Waals surface area contributed by atoms with Crippen LogP contribution in [0.3, 0.4) is 0 Å². The lowest BCUT2D eigenvalue weighted by Crippen LogP contribution is -2.44. The Hall–Kier alpha value is -2.22. The first-order chi connectivity index (χ1) is 12.0. The van der Waals surface area contributed by atoms with E-state index in [1.807, 2.05) is 36.4 Å². The van der Waals surface area contributed by atoms with Crippen LogP contribution in [0, 0.1) is 6.92 Å². The Kier molecular flexibility index (Phi) is 5.47. The van der Waals surface area contributed by atoms with Gasteiger partial charge in [0.2, 0.25) is 5.91 Å². The van der Waals surface area contributed by atoms with E-state index in [9.17, 15) is 4.79 Å². The van der Waals surface area contributed by atoms with Gasteiger partial charge in [-0.15, -0.1) is 0 Å². The van der Waals surface area contributed by atoms with Crippen LogP contribution in [0.1, 0.15) is 50.1 Å². The largest absolute Gasteiger partial charge is 0.367 e. The van der Waals surface area contributed by atoms with Crippen LogP contribution in [-0.2, 0) is 22.7 Å². The highest BCUT2D eigenvalue weighted by Crippen LogP contribution is 2.16. The molecule has 3 heterocycles. The van der Waals surface area contributed by atoms with Crippen molar-refractivity contribution in [1.29, 1.82) is 0 Å². The third-order valence-electron chi connectivity index (χ3n) is 4.40. The molecule has 1 aliphatic rings. The van der Waals surface area contributed by atoms with E-state index in [0.29, 0.717) is 24.8 Å². The summed E-state index contributed by atoms with van der Waals surface area (Å²) >= 11 is 0. The van der Waals surface area contributed by atoms with Gasteiger partial charge >= 0.3 is 0 Å². The molecular formula is C17H25N5O3. The zero-order chi connectivity index (χ0) is 17.8. The fraction of sp³-hybridized carbons (Fsp3) is 0.647. The van der Waals surface area contributed by atoms with E-state index >= 15 is 0 Å². The molecule has 1 fully saturated rings. The van der Waals surface area contributed by atoms with E-state index < -0.39 is 0 Å². The van der Waals surface area contributed by atoms with Crippen LogP contribution in [-0.4, -0.2) is 49.7 Å². The predicted octanol–water partition coefficient (Wildman–Crippen LogP) is 1.91. The fourth-order valence-electron chi connectivity index (χ4n) is 2.87. The maximum atomic E-state index is 12.5. The van der Waals surface area contributed by atoms with Crippen LogP contribution < -0.4 is 0 Å². The van der Waals surface area contributed by atoms with E-state index in [1.54, 1.807) is 6.20 Å². The highest BCUT2D eigenvalue weighted by Gasteiger charge is 2.25. The summed E-state index contributed by atoms with van der Waals surface area (Å²) in [5.41, 5.74) is 0. The van der Waals surface area contributed by atoms with Crippen molar-refractivity contribution in [2.24, 2.45) is 0 Å². The maximum absolute atomic E-state index is 12.5. The van der Waals surface area contributed by atoms with Crippen molar-refractivity contribution in [2.75, 3.05) is 13.1 Å². The Labute approximate surface area is 147 Å². The van der Waals surface area contributed by atoms with Gasteiger partial charge in [0, 0.05) is 31.4 Å². The van der Waals surface area contributed by atoms with Gasteiger partial charge in [-0.2, -0.15) is 4.98 Å².